The molecule has 3 aromatic rings. The number of rotatable bonds is 6. The van der Waals surface area contributed by atoms with Crippen LogP contribution in [0.15, 0.2) is 45.7 Å². The molecule has 7 nitrogen and oxygen atoms in total. The van der Waals surface area contributed by atoms with E-state index in [1.807, 2.05) is 6.07 Å². The second-order valence-corrected chi connectivity index (χ2v) is 6.19. The lowest BCUT2D eigenvalue weighted by molar-refractivity contribution is -0.139. The number of para-hydroxylation sites is 1. The lowest BCUT2D eigenvalue weighted by Gasteiger charge is -2.14. The van der Waals surface area contributed by atoms with Gasteiger partial charge in [0, 0.05) is 5.56 Å². The average molecular weight is 419 g/mol. The molecule has 0 saturated heterocycles. The summed E-state index contributed by atoms with van der Waals surface area (Å²) in [5, 5.41) is 9.32. The van der Waals surface area contributed by atoms with Gasteiger partial charge >= 0.3 is 5.97 Å². The lowest BCUT2D eigenvalue weighted by atomic mass is 10.1. The third kappa shape index (κ3) is 3.70. The molecular weight excluding hydrogens is 404 g/mol. The summed E-state index contributed by atoms with van der Waals surface area (Å²) in [6, 6.07) is 10.4. The van der Waals surface area contributed by atoms with Gasteiger partial charge in [-0.2, -0.15) is 0 Å². The molecule has 0 aliphatic carbocycles. The van der Waals surface area contributed by atoms with Gasteiger partial charge in [0.05, 0.1) is 22.0 Å². The lowest BCUT2D eigenvalue weighted by Crippen LogP contribution is -2.11. The molecule has 8 heteroatoms. The van der Waals surface area contributed by atoms with Crippen LogP contribution in [0.1, 0.15) is 6.92 Å². The second-order valence-electron chi connectivity index (χ2n) is 5.33. The number of benzene rings is 2. The Morgan fingerprint density at radius 2 is 2.04 bits per heavy atom. The number of aliphatic carboxylic acids is 1. The summed E-state index contributed by atoms with van der Waals surface area (Å²) in [5.74, 6) is -0.0841. The summed E-state index contributed by atoms with van der Waals surface area (Å²) in [6.07, 6.45) is 0. The Morgan fingerprint density at radius 1 is 1.27 bits per heavy atom. The Labute approximate surface area is 156 Å². The maximum atomic E-state index is 12.3. The number of aromatic amines is 1. The van der Waals surface area contributed by atoms with Crippen LogP contribution in [-0.4, -0.2) is 34.3 Å². The molecule has 2 aromatic carbocycles. The van der Waals surface area contributed by atoms with Gasteiger partial charge in [0.1, 0.15) is 5.82 Å². The first-order valence-electron chi connectivity index (χ1n) is 7.80. The predicted octanol–water partition coefficient (Wildman–Crippen LogP) is 3.21. The van der Waals surface area contributed by atoms with E-state index in [0.29, 0.717) is 39.1 Å². The minimum Gasteiger partial charge on any atom is -0.490 e. The highest BCUT2D eigenvalue weighted by Gasteiger charge is 2.16. The van der Waals surface area contributed by atoms with Crippen LogP contribution in [-0.2, 0) is 4.79 Å². The Balaban J connectivity index is 2.11. The van der Waals surface area contributed by atoms with Crippen molar-refractivity contribution in [2.75, 3.05) is 13.2 Å². The molecule has 134 valence electrons. The van der Waals surface area contributed by atoms with Crippen LogP contribution in [0.5, 0.6) is 11.5 Å². The topological polar surface area (TPSA) is 102 Å². The van der Waals surface area contributed by atoms with E-state index in [0.717, 1.165) is 0 Å². The maximum Gasteiger partial charge on any atom is 0.341 e. The average Bonchev–Trinajstić information content (AvgIpc) is 2.61. The van der Waals surface area contributed by atoms with Crippen molar-refractivity contribution in [2.24, 2.45) is 0 Å². The number of H-pyrrole nitrogens is 1. The van der Waals surface area contributed by atoms with E-state index < -0.39 is 12.6 Å². The minimum atomic E-state index is -1.09. The molecule has 3 rings (SSSR count). The van der Waals surface area contributed by atoms with Gasteiger partial charge in [0.25, 0.3) is 5.56 Å². The van der Waals surface area contributed by atoms with Gasteiger partial charge < -0.3 is 19.6 Å². The van der Waals surface area contributed by atoms with Gasteiger partial charge in [-0.3, -0.25) is 4.79 Å². The van der Waals surface area contributed by atoms with Gasteiger partial charge in [-0.05, 0) is 47.1 Å². The SMILES string of the molecule is CCOc1cc(-c2nc3ccccc3c(=O)[nH]2)cc(Br)c1OCC(=O)O. The zero-order valence-corrected chi connectivity index (χ0v) is 15.4. The number of aromatic nitrogens is 2. The normalized spacial score (nSPS) is 10.7. The Kier molecular flexibility index (Phi) is 5.22. The summed E-state index contributed by atoms with van der Waals surface area (Å²) >= 11 is 3.37. The van der Waals surface area contributed by atoms with E-state index in [4.69, 9.17) is 14.6 Å². The summed E-state index contributed by atoms with van der Waals surface area (Å²) in [4.78, 5) is 30.3. The first kappa shape index (κ1) is 17.9. The van der Waals surface area contributed by atoms with Crippen LogP contribution in [0.4, 0.5) is 0 Å². The van der Waals surface area contributed by atoms with Crippen molar-refractivity contribution in [3.63, 3.8) is 0 Å². The zero-order chi connectivity index (χ0) is 18.7. The molecule has 2 N–H and O–H groups in total. The van der Waals surface area contributed by atoms with E-state index in [9.17, 15) is 9.59 Å². The van der Waals surface area contributed by atoms with Crippen molar-refractivity contribution in [2.45, 2.75) is 6.92 Å². The summed E-state index contributed by atoms with van der Waals surface area (Å²) in [7, 11) is 0. The van der Waals surface area contributed by atoms with Crippen LogP contribution in [0.2, 0.25) is 0 Å². The predicted molar refractivity (Wildman–Crippen MR) is 99.8 cm³/mol. The number of nitrogens with one attached hydrogen (secondary N) is 1. The molecule has 0 spiro atoms. The molecule has 0 unspecified atom stereocenters. The molecule has 26 heavy (non-hydrogen) atoms. The standard InChI is InChI=1S/C18H15BrN2O5/c1-2-25-14-8-10(7-12(19)16(14)26-9-15(22)23)17-20-13-6-4-3-5-11(13)18(24)21-17/h3-8H,2,9H2,1H3,(H,22,23)(H,20,21,24). The number of hydrogen-bond acceptors (Lipinski definition) is 5. The van der Waals surface area contributed by atoms with E-state index >= 15 is 0 Å². The molecule has 0 aliphatic heterocycles. The quantitative estimate of drug-likeness (QED) is 0.637. The molecule has 0 fully saturated rings. The summed E-state index contributed by atoms with van der Waals surface area (Å²) in [5.41, 5.74) is 0.934. The van der Waals surface area contributed by atoms with Crippen LogP contribution in [0.3, 0.4) is 0 Å². The van der Waals surface area contributed by atoms with Crippen LogP contribution in [0, 0.1) is 0 Å². The minimum absolute atomic E-state index is 0.245. The van der Waals surface area contributed by atoms with Gasteiger partial charge in [0.15, 0.2) is 18.1 Å². The molecule has 0 saturated carbocycles. The van der Waals surface area contributed by atoms with Crippen molar-refractivity contribution in [3.05, 3.63) is 51.2 Å². The van der Waals surface area contributed by atoms with Crippen molar-refractivity contribution in [1.29, 1.82) is 0 Å². The number of carboxylic acids is 1. The monoisotopic (exact) mass is 418 g/mol. The molecule has 0 aliphatic rings. The van der Waals surface area contributed by atoms with Crippen LogP contribution >= 0.6 is 15.9 Å². The Morgan fingerprint density at radius 3 is 2.77 bits per heavy atom. The number of halogens is 1. The molecule has 0 radical (unpaired) electrons. The first-order chi connectivity index (χ1) is 12.5. The number of fused-ring (bicyclic) bond motifs is 1. The van der Waals surface area contributed by atoms with E-state index in [-0.39, 0.29) is 11.3 Å². The Bertz CT molecular complexity index is 1030. The van der Waals surface area contributed by atoms with E-state index in [1.165, 1.54) is 0 Å². The molecule has 0 bridgehead atoms. The smallest absolute Gasteiger partial charge is 0.341 e. The summed E-state index contributed by atoms with van der Waals surface area (Å²) in [6.45, 7) is 1.67. The molecule has 0 amide bonds. The third-order valence-corrected chi connectivity index (χ3v) is 4.12. The van der Waals surface area contributed by atoms with Gasteiger partial charge in [-0.1, -0.05) is 12.1 Å². The highest BCUT2D eigenvalue weighted by atomic mass is 79.9. The van der Waals surface area contributed by atoms with Crippen molar-refractivity contribution in [1.82, 2.24) is 9.97 Å². The third-order valence-electron chi connectivity index (χ3n) is 3.54. The molecule has 1 heterocycles. The number of carbonyl (C=O) groups is 1. The molecule has 1 aromatic heterocycles. The fraction of sp³-hybridized carbons (Fsp3) is 0.167. The second kappa shape index (κ2) is 7.57. The highest BCUT2D eigenvalue weighted by Crippen LogP contribution is 2.39. The van der Waals surface area contributed by atoms with Gasteiger partial charge in [-0.15, -0.1) is 0 Å². The number of nitrogens with zero attached hydrogens (tertiary/aromatic N) is 1. The van der Waals surface area contributed by atoms with E-state index in [2.05, 4.69) is 25.9 Å². The first-order valence-corrected chi connectivity index (χ1v) is 8.59. The fourth-order valence-corrected chi connectivity index (χ4v) is 3.02. The molecular formula is C18H15BrN2O5. The molecule has 0 atom stereocenters. The number of ether oxygens (including phenoxy) is 2. The van der Waals surface area contributed by atoms with Crippen molar-refractivity contribution in [3.8, 4) is 22.9 Å². The van der Waals surface area contributed by atoms with Gasteiger partial charge in [0.2, 0.25) is 0 Å². The highest BCUT2D eigenvalue weighted by molar-refractivity contribution is 9.10. The summed E-state index contributed by atoms with van der Waals surface area (Å²) < 4.78 is 11.4. The zero-order valence-electron chi connectivity index (χ0n) is 13.8. The maximum absolute atomic E-state index is 12.3. The van der Waals surface area contributed by atoms with Crippen LogP contribution in [0.25, 0.3) is 22.3 Å². The number of carboxylic acid groups (broad SMARTS) is 1. The van der Waals surface area contributed by atoms with Gasteiger partial charge in [-0.25, -0.2) is 9.78 Å². The Hall–Kier alpha value is -2.87. The number of hydrogen-bond donors (Lipinski definition) is 2. The van der Waals surface area contributed by atoms with Crippen LogP contribution < -0.4 is 15.0 Å². The largest absolute Gasteiger partial charge is 0.490 e. The van der Waals surface area contributed by atoms with Crippen molar-refractivity contribution < 1.29 is 19.4 Å². The van der Waals surface area contributed by atoms with E-state index in [1.54, 1.807) is 37.3 Å². The fourth-order valence-electron chi connectivity index (χ4n) is 2.46. The van der Waals surface area contributed by atoms with Crippen molar-refractivity contribution >= 4 is 32.8 Å².